The SMILES string of the molecule is CCOC(=O)Cc1cn2c(C=O)c(-c3cc(Cl)ccc3Cl)nc2s1. The molecule has 3 rings (SSSR count). The van der Waals surface area contributed by atoms with Crippen LogP contribution in [-0.2, 0) is 16.0 Å². The highest BCUT2D eigenvalue weighted by Gasteiger charge is 2.19. The summed E-state index contributed by atoms with van der Waals surface area (Å²) in [5.74, 6) is -0.312. The molecule has 0 fully saturated rings. The number of ether oxygens (including phenoxy) is 1. The van der Waals surface area contributed by atoms with Crippen LogP contribution in [0.15, 0.2) is 24.4 Å². The smallest absolute Gasteiger partial charge is 0.311 e. The van der Waals surface area contributed by atoms with E-state index in [1.54, 1.807) is 35.7 Å². The Balaban J connectivity index is 2.05. The average molecular weight is 383 g/mol. The molecular formula is C16H12Cl2N2O3S. The minimum absolute atomic E-state index is 0.146. The Kier molecular flexibility index (Phi) is 4.89. The van der Waals surface area contributed by atoms with E-state index in [1.165, 1.54) is 11.3 Å². The number of esters is 1. The molecule has 0 unspecified atom stereocenters. The third-order valence-corrected chi connectivity index (χ3v) is 4.88. The van der Waals surface area contributed by atoms with Crippen molar-refractivity contribution in [3.8, 4) is 11.3 Å². The van der Waals surface area contributed by atoms with Crippen LogP contribution in [0.1, 0.15) is 22.3 Å². The monoisotopic (exact) mass is 382 g/mol. The van der Waals surface area contributed by atoms with Gasteiger partial charge in [0.05, 0.1) is 18.1 Å². The first-order chi connectivity index (χ1) is 11.5. The van der Waals surface area contributed by atoms with Crippen LogP contribution in [0.2, 0.25) is 10.0 Å². The molecule has 0 spiro atoms. The molecule has 8 heteroatoms. The van der Waals surface area contributed by atoms with E-state index >= 15 is 0 Å². The third kappa shape index (κ3) is 3.17. The van der Waals surface area contributed by atoms with Gasteiger partial charge in [-0.05, 0) is 25.1 Å². The molecule has 0 radical (unpaired) electrons. The summed E-state index contributed by atoms with van der Waals surface area (Å²) in [6.45, 7) is 2.09. The lowest BCUT2D eigenvalue weighted by Gasteiger charge is -2.03. The summed E-state index contributed by atoms with van der Waals surface area (Å²) in [6.07, 6.45) is 2.58. The fraction of sp³-hybridized carbons (Fsp3) is 0.188. The van der Waals surface area contributed by atoms with E-state index in [1.807, 2.05) is 0 Å². The Labute approximate surface area is 151 Å². The molecule has 5 nitrogen and oxygen atoms in total. The molecule has 0 aliphatic rings. The number of aromatic nitrogens is 2. The van der Waals surface area contributed by atoms with Gasteiger partial charge < -0.3 is 4.74 Å². The van der Waals surface area contributed by atoms with Crippen LogP contribution in [0.4, 0.5) is 0 Å². The average Bonchev–Trinajstić information content (AvgIpc) is 3.06. The zero-order valence-corrected chi connectivity index (χ0v) is 14.9. The van der Waals surface area contributed by atoms with Crippen LogP contribution < -0.4 is 0 Å². The second kappa shape index (κ2) is 6.93. The van der Waals surface area contributed by atoms with Crippen molar-refractivity contribution < 1.29 is 14.3 Å². The van der Waals surface area contributed by atoms with E-state index in [4.69, 9.17) is 27.9 Å². The van der Waals surface area contributed by atoms with Crippen LogP contribution in [0, 0.1) is 0 Å². The van der Waals surface area contributed by atoms with Crippen LogP contribution in [0.3, 0.4) is 0 Å². The zero-order valence-electron chi connectivity index (χ0n) is 12.6. The van der Waals surface area contributed by atoms with Crippen molar-refractivity contribution >= 4 is 51.8 Å². The predicted molar refractivity (Wildman–Crippen MR) is 94.2 cm³/mol. The molecule has 3 aromatic rings. The lowest BCUT2D eigenvalue weighted by molar-refractivity contribution is -0.142. The normalized spacial score (nSPS) is 11.0. The van der Waals surface area contributed by atoms with Crippen molar-refractivity contribution in [3.05, 3.63) is 45.0 Å². The van der Waals surface area contributed by atoms with Crippen LogP contribution >= 0.6 is 34.5 Å². The van der Waals surface area contributed by atoms with Crippen molar-refractivity contribution in [1.29, 1.82) is 0 Å². The molecule has 0 atom stereocenters. The fourth-order valence-electron chi connectivity index (χ4n) is 2.33. The number of hydrogen-bond donors (Lipinski definition) is 0. The Hall–Kier alpha value is -1.89. The predicted octanol–water partition coefficient (Wildman–Crippen LogP) is 4.29. The van der Waals surface area contributed by atoms with Crippen molar-refractivity contribution in [2.75, 3.05) is 6.61 Å². The molecule has 2 aromatic heterocycles. The van der Waals surface area contributed by atoms with E-state index in [2.05, 4.69) is 4.98 Å². The molecule has 0 saturated carbocycles. The Morgan fingerprint density at radius 2 is 2.21 bits per heavy atom. The fourth-order valence-corrected chi connectivity index (χ4v) is 3.68. The Morgan fingerprint density at radius 1 is 1.42 bits per heavy atom. The molecule has 24 heavy (non-hydrogen) atoms. The molecule has 0 bridgehead atoms. The second-order valence-electron chi connectivity index (χ2n) is 4.92. The number of carbonyl (C=O) groups excluding carboxylic acids is 2. The molecule has 0 saturated heterocycles. The Morgan fingerprint density at radius 3 is 2.92 bits per heavy atom. The van der Waals surface area contributed by atoms with Crippen LogP contribution in [0.5, 0.6) is 0 Å². The van der Waals surface area contributed by atoms with Gasteiger partial charge in [-0.3, -0.25) is 14.0 Å². The number of rotatable bonds is 5. The van der Waals surface area contributed by atoms with Crippen LogP contribution in [0.25, 0.3) is 16.2 Å². The number of halogens is 2. The molecule has 1 aromatic carbocycles. The highest BCUT2D eigenvalue weighted by atomic mass is 35.5. The van der Waals surface area contributed by atoms with Gasteiger partial charge in [-0.2, -0.15) is 0 Å². The highest BCUT2D eigenvalue weighted by molar-refractivity contribution is 7.17. The van der Waals surface area contributed by atoms with Crippen molar-refractivity contribution in [2.45, 2.75) is 13.3 Å². The standard InChI is InChI=1S/C16H12Cl2N2O3S/c1-2-23-14(22)6-10-7-20-13(8-21)15(19-16(20)24-10)11-5-9(17)3-4-12(11)18/h3-5,7-8H,2,6H2,1H3. The lowest BCUT2D eigenvalue weighted by atomic mass is 10.1. The third-order valence-electron chi connectivity index (χ3n) is 3.33. The number of nitrogens with zero attached hydrogens (tertiary/aromatic N) is 2. The molecule has 0 N–H and O–H groups in total. The zero-order chi connectivity index (χ0) is 17.3. The summed E-state index contributed by atoms with van der Waals surface area (Å²) in [5, 5.41) is 0.964. The number of imidazole rings is 1. The van der Waals surface area contributed by atoms with Crippen molar-refractivity contribution in [3.63, 3.8) is 0 Å². The quantitative estimate of drug-likeness (QED) is 0.487. The second-order valence-corrected chi connectivity index (χ2v) is 6.86. The number of aldehydes is 1. The van der Waals surface area contributed by atoms with Crippen molar-refractivity contribution in [2.24, 2.45) is 0 Å². The van der Waals surface area contributed by atoms with Crippen molar-refractivity contribution in [1.82, 2.24) is 9.38 Å². The molecule has 0 amide bonds. The van der Waals surface area contributed by atoms with Gasteiger partial charge >= 0.3 is 5.97 Å². The first-order valence-corrected chi connectivity index (χ1v) is 8.67. The summed E-state index contributed by atoms with van der Waals surface area (Å²) in [7, 11) is 0. The van der Waals surface area contributed by atoms with Gasteiger partial charge in [0, 0.05) is 21.7 Å². The maximum atomic E-state index is 11.6. The van der Waals surface area contributed by atoms with E-state index < -0.39 is 0 Å². The van der Waals surface area contributed by atoms with Gasteiger partial charge in [-0.1, -0.05) is 23.2 Å². The topological polar surface area (TPSA) is 60.7 Å². The first-order valence-electron chi connectivity index (χ1n) is 7.10. The summed E-state index contributed by atoms with van der Waals surface area (Å²) >= 11 is 13.5. The maximum absolute atomic E-state index is 11.6. The minimum atomic E-state index is -0.312. The molecule has 0 aliphatic heterocycles. The van der Waals surface area contributed by atoms with Gasteiger partial charge in [0.1, 0.15) is 11.4 Å². The van der Waals surface area contributed by atoms with Gasteiger partial charge in [0.2, 0.25) is 0 Å². The number of thiazole rings is 1. The summed E-state index contributed by atoms with van der Waals surface area (Å²) in [5.41, 5.74) is 1.42. The number of hydrogen-bond acceptors (Lipinski definition) is 5. The van der Waals surface area contributed by atoms with E-state index in [0.717, 1.165) is 4.88 Å². The van der Waals surface area contributed by atoms with E-state index in [-0.39, 0.29) is 12.4 Å². The van der Waals surface area contributed by atoms with E-state index in [9.17, 15) is 9.59 Å². The van der Waals surface area contributed by atoms with Gasteiger partial charge in [0.25, 0.3) is 0 Å². The molecular weight excluding hydrogens is 371 g/mol. The highest BCUT2D eigenvalue weighted by Crippen LogP contribution is 2.34. The Bertz CT molecular complexity index is 933. The number of carbonyl (C=O) groups is 2. The molecule has 2 heterocycles. The van der Waals surface area contributed by atoms with Gasteiger partial charge in [0.15, 0.2) is 11.2 Å². The lowest BCUT2D eigenvalue weighted by Crippen LogP contribution is -2.06. The largest absolute Gasteiger partial charge is 0.466 e. The molecule has 0 aliphatic carbocycles. The first kappa shape index (κ1) is 17.0. The maximum Gasteiger partial charge on any atom is 0.311 e. The molecule has 124 valence electrons. The summed E-state index contributed by atoms with van der Waals surface area (Å²) in [6, 6.07) is 5.00. The van der Waals surface area contributed by atoms with E-state index in [0.29, 0.717) is 44.9 Å². The summed E-state index contributed by atoms with van der Waals surface area (Å²) < 4.78 is 6.58. The number of benzene rings is 1. The number of fused-ring (bicyclic) bond motifs is 1. The minimum Gasteiger partial charge on any atom is -0.466 e. The summed E-state index contributed by atoms with van der Waals surface area (Å²) in [4.78, 5) is 29.0. The van der Waals surface area contributed by atoms with Crippen LogP contribution in [-0.4, -0.2) is 28.2 Å². The van der Waals surface area contributed by atoms with Gasteiger partial charge in [-0.25, -0.2) is 4.98 Å². The van der Waals surface area contributed by atoms with Gasteiger partial charge in [-0.15, -0.1) is 11.3 Å².